The third-order valence-electron chi connectivity index (χ3n) is 5.11. The summed E-state index contributed by atoms with van der Waals surface area (Å²) in [6.07, 6.45) is 0.307. The molecule has 32 heavy (non-hydrogen) atoms. The van der Waals surface area contributed by atoms with Gasteiger partial charge in [-0.05, 0) is 52.7 Å². The molecule has 5 aromatic rings. The number of nitrogens with zero attached hydrogens (tertiary/aromatic N) is 1. The van der Waals surface area contributed by atoms with Gasteiger partial charge in [-0.15, -0.1) is 11.3 Å². The Morgan fingerprint density at radius 1 is 0.812 bits per heavy atom. The van der Waals surface area contributed by atoms with Crippen molar-refractivity contribution < 1.29 is 9.53 Å². The van der Waals surface area contributed by atoms with Crippen molar-refractivity contribution >= 4 is 33.1 Å². The van der Waals surface area contributed by atoms with Gasteiger partial charge in [-0.1, -0.05) is 60.7 Å². The lowest BCUT2D eigenvalue weighted by Gasteiger charge is -2.06. The highest BCUT2D eigenvalue weighted by atomic mass is 32.1. The number of fused-ring (bicyclic) bond motifs is 1. The number of aromatic nitrogens is 1. The van der Waals surface area contributed by atoms with Crippen LogP contribution in [0.1, 0.15) is 5.56 Å². The first-order chi connectivity index (χ1) is 15.7. The van der Waals surface area contributed by atoms with E-state index in [4.69, 9.17) is 4.74 Å². The highest BCUT2D eigenvalue weighted by Gasteiger charge is 2.11. The molecule has 0 bridgehead atoms. The van der Waals surface area contributed by atoms with Crippen LogP contribution >= 0.6 is 11.3 Å². The molecule has 0 spiro atoms. The third kappa shape index (κ3) is 4.53. The average molecular weight is 437 g/mol. The summed E-state index contributed by atoms with van der Waals surface area (Å²) in [5.74, 6) is 1.48. The van der Waals surface area contributed by atoms with E-state index in [1.165, 1.54) is 11.3 Å². The summed E-state index contributed by atoms with van der Waals surface area (Å²) in [5.41, 5.74) is 2.80. The van der Waals surface area contributed by atoms with E-state index in [9.17, 15) is 4.79 Å². The van der Waals surface area contributed by atoms with Crippen molar-refractivity contribution in [3.05, 3.63) is 108 Å². The summed E-state index contributed by atoms with van der Waals surface area (Å²) < 4.78 is 5.84. The summed E-state index contributed by atoms with van der Waals surface area (Å²) in [6, 6.07) is 31.6. The van der Waals surface area contributed by atoms with Gasteiger partial charge in [-0.25, -0.2) is 4.98 Å². The second kappa shape index (κ2) is 9.04. The van der Waals surface area contributed by atoms with Gasteiger partial charge in [0.15, 0.2) is 5.13 Å². The van der Waals surface area contributed by atoms with Crippen LogP contribution in [-0.2, 0) is 11.2 Å². The molecule has 5 rings (SSSR count). The van der Waals surface area contributed by atoms with Gasteiger partial charge in [0, 0.05) is 10.9 Å². The number of carbonyl (C=O) groups is 1. The first-order valence-electron chi connectivity index (χ1n) is 10.3. The highest BCUT2D eigenvalue weighted by Crippen LogP contribution is 2.28. The highest BCUT2D eigenvalue weighted by molar-refractivity contribution is 7.14. The maximum absolute atomic E-state index is 12.6. The van der Waals surface area contributed by atoms with E-state index in [1.54, 1.807) is 0 Å². The number of carbonyl (C=O) groups excluding carboxylic acids is 1. The lowest BCUT2D eigenvalue weighted by atomic mass is 10.0. The molecular formula is C27H20N2O2S. The molecule has 0 fully saturated rings. The van der Waals surface area contributed by atoms with Crippen molar-refractivity contribution in [1.29, 1.82) is 0 Å². The summed E-state index contributed by atoms with van der Waals surface area (Å²) in [7, 11) is 0. The Morgan fingerprint density at radius 3 is 2.38 bits per heavy atom. The Kier molecular flexibility index (Phi) is 5.64. The van der Waals surface area contributed by atoms with E-state index in [1.807, 2.05) is 90.3 Å². The largest absolute Gasteiger partial charge is 0.457 e. The number of amides is 1. The first-order valence-corrected chi connectivity index (χ1v) is 11.2. The Morgan fingerprint density at radius 2 is 1.53 bits per heavy atom. The number of hydrogen-bond donors (Lipinski definition) is 1. The number of thiazole rings is 1. The van der Waals surface area contributed by atoms with Gasteiger partial charge in [-0.2, -0.15) is 0 Å². The first kappa shape index (κ1) is 20.0. The van der Waals surface area contributed by atoms with Crippen molar-refractivity contribution in [3.8, 4) is 22.8 Å². The summed E-state index contributed by atoms with van der Waals surface area (Å²) >= 11 is 1.42. The molecule has 156 valence electrons. The molecule has 5 heteroatoms. The second-order valence-corrected chi connectivity index (χ2v) is 8.20. The smallest absolute Gasteiger partial charge is 0.230 e. The molecule has 0 aliphatic carbocycles. The SMILES string of the molecule is O=C(Cc1cccc2ccccc12)Nc1nc(-c2ccc(Oc3ccccc3)cc2)cs1. The minimum Gasteiger partial charge on any atom is -0.457 e. The van der Waals surface area contributed by atoms with Crippen LogP contribution in [0.5, 0.6) is 11.5 Å². The molecule has 1 amide bonds. The van der Waals surface area contributed by atoms with E-state index in [0.29, 0.717) is 11.6 Å². The van der Waals surface area contributed by atoms with Gasteiger partial charge in [0.2, 0.25) is 5.91 Å². The fourth-order valence-corrected chi connectivity index (χ4v) is 4.30. The van der Waals surface area contributed by atoms with E-state index in [-0.39, 0.29) is 5.91 Å². The molecule has 4 nitrogen and oxygen atoms in total. The standard InChI is InChI=1S/C27H20N2O2S/c30-26(17-21-9-6-8-19-7-4-5-12-24(19)21)29-27-28-25(18-32-27)20-13-15-23(16-14-20)31-22-10-2-1-3-11-22/h1-16,18H,17H2,(H,28,29,30). The third-order valence-corrected chi connectivity index (χ3v) is 5.87. The molecule has 0 atom stereocenters. The van der Waals surface area contributed by atoms with Crippen LogP contribution in [0.4, 0.5) is 5.13 Å². The van der Waals surface area contributed by atoms with Gasteiger partial charge in [-0.3, -0.25) is 4.79 Å². The molecule has 4 aromatic carbocycles. The Hall–Kier alpha value is -3.96. The predicted molar refractivity (Wildman–Crippen MR) is 130 cm³/mol. The van der Waals surface area contributed by atoms with Crippen molar-refractivity contribution in [2.24, 2.45) is 0 Å². The molecule has 1 heterocycles. The van der Waals surface area contributed by atoms with Gasteiger partial charge >= 0.3 is 0 Å². The van der Waals surface area contributed by atoms with Crippen LogP contribution in [-0.4, -0.2) is 10.9 Å². The Labute approximate surface area is 190 Å². The fourth-order valence-electron chi connectivity index (χ4n) is 3.57. The molecule has 0 saturated heterocycles. The molecule has 0 saturated carbocycles. The van der Waals surface area contributed by atoms with Gasteiger partial charge in [0.1, 0.15) is 11.5 Å². The lowest BCUT2D eigenvalue weighted by Crippen LogP contribution is -2.14. The van der Waals surface area contributed by atoms with Gasteiger partial charge in [0.25, 0.3) is 0 Å². The molecule has 1 N–H and O–H groups in total. The maximum atomic E-state index is 12.6. The minimum atomic E-state index is -0.0751. The average Bonchev–Trinajstić information content (AvgIpc) is 3.29. The number of hydrogen-bond acceptors (Lipinski definition) is 4. The summed E-state index contributed by atoms with van der Waals surface area (Å²) in [6.45, 7) is 0. The van der Waals surface area contributed by atoms with Crippen LogP contribution in [0.15, 0.2) is 102 Å². The van der Waals surface area contributed by atoms with Crippen molar-refractivity contribution in [2.75, 3.05) is 5.32 Å². The zero-order chi connectivity index (χ0) is 21.8. The number of ether oxygens (including phenoxy) is 1. The zero-order valence-corrected chi connectivity index (χ0v) is 18.0. The van der Waals surface area contributed by atoms with Gasteiger partial charge in [0.05, 0.1) is 12.1 Å². The number of nitrogens with one attached hydrogen (secondary N) is 1. The minimum absolute atomic E-state index is 0.0751. The van der Waals surface area contributed by atoms with E-state index in [2.05, 4.69) is 22.4 Å². The lowest BCUT2D eigenvalue weighted by molar-refractivity contribution is -0.115. The van der Waals surface area contributed by atoms with Crippen molar-refractivity contribution in [3.63, 3.8) is 0 Å². The van der Waals surface area contributed by atoms with E-state index < -0.39 is 0 Å². The van der Waals surface area contributed by atoms with Crippen LogP contribution < -0.4 is 10.1 Å². The van der Waals surface area contributed by atoms with Crippen LogP contribution in [0.2, 0.25) is 0 Å². The van der Waals surface area contributed by atoms with E-state index in [0.717, 1.165) is 39.1 Å². The molecule has 0 radical (unpaired) electrons. The molecule has 1 aromatic heterocycles. The van der Waals surface area contributed by atoms with Crippen molar-refractivity contribution in [1.82, 2.24) is 4.98 Å². The van der Waals surface area contributed by atoms with Crippen LogP contribution in [0.3, 0.4) is 0 Å². The number of anilines is 1. The van der Waals surface area contributed by atoms with Crippen LogP contribution in [0, 0.1) is 0 Å². The normalized spacial score (nSPS) is 10.8. The molecular weight excluding hydrogens is 416 g/mol. The summed E-state index contributed by atoms with van der Waals surface area (Å²) in [4.78, 5) is 17.2. The number of rotatable bonds is 6. The van der Waals surface area contributed by atoms with Crippen LogP contribution in [0.25, 0.3) is 22.0 Å². The maximum Gasteiger partial charge on any atom is 0.230 e. The fraction of sp³-hybridized carbons (Fsp3) is 0.0370. The zero-order valence-electron chi connectivity index (χ0n) is 17.2. The Bertz CT molecular complexity index is 1360. The topological polar surface area (TPSA) is 51.2 Å². The second-order valence-electron chi connectivity index (χ2n) is 7.34. The van der Waals surface area contributed by atoms with Crippen molar-refractivity contribution in [2.45, 2.75) is 6.42 Å². The predicted octanol–water partition coefficient (Wildman–Crippen LogP) is 6.94. The molecule has 0 unspecified atom stereocenters. The number of para-hydroxylation sites is 1. The van der Waals surface area contributed by atoms with E-state index >= 15 is 0 Å². The molecule has 0 aliphatic heterocycles. The van der Waals surface area contributed by atoms with Gasteiger partial charge < -0.3 is 10.1 Å². The molecule has 0 aliphatic rings. The number of benzene rings is 4. The Balaban J connectivity index is 1.25. The monoisotopic (exact) mass is 436 g/mol. The summed E-state index contributed by atoms with van der Waals surface area (Å²) in [5, 5.41) is 7.70. The quantitative estimate of drug-likeness (QED) is 0.314.